The Morgan fingerprint density at radius 3 is 2.42 bits per heavy atom. The third-order valence-corrected chi connectivity index (χ3v) is 3.98. The van der Waals surface area contributed by atoms with Crippen LogP contribution in [0.3, 0.4) is 0 Å². The minimum Gasteiger partial charge on any atom is -0.311 e. The van der Waals surface area contributed by atoms with E-state index in [1.54, 1.807) is 0 Å². The Kier molecular flexibility index (Phi) is 5.12. The maximum absolute atomic E-state index is 11.2. The van der Waals surface area contributed by atoms with Crippen molar-refractivity contribution in [2.24, 2.45) is 0 Å². The van der Waals surface area contributed by atoms with Gasteiger partial charge in [0.2, 0.25) is 10.0 Å². The van der Waals surface area contributed by atoms with E-state index in [0.29, 0.717) is 6.54 Å². The molecule has 0 saturated heterocycles. The van der Waals surface area contributed by atoms with Crippen molar-refractivity contribution in [3.05, 3.63) is 34.9 Å². The lowest BCUT2D eigenvalue weighted by Crippen LogP contribution is -2.49. The summed E-state index contributed by atoms with van der Waals surface area (Å²) in [4.78, 5) is 0. The van der Waals surface area contributed by atoms with E-state index in [1.807, 2.05) is 19.9 Å². The molecule has 0 aliphatic heterocycles. The molecule has 1 rings (SSSR count). The summed E-state index contributed by atoms with van der Waals surface area (Å²) < 4.78 is 25.1. The number of sulfonamides is 1. The lowest BCUT2D eigenvalue weighted by Gasteiger charge is -2.25. The molecule has 0 heterocycles. The van der Waals surface area contributed by atoms with Crippen molar-refractivity contribution < 1.29 is 8.42 Å². The summed E-state index contributed by atoms with van der Waals surface area (Å²) in [7, 11) is -3.18. The average molecular weight is 284 g/mol. The molecule has 108 valence electrons. The Morgan fingerprint density at radius 2 is 1.84 bits per heavy atom. The van der Waals surface area contributed by atoms with Gasteiger partial charge in [-0.2, -0.15) is 0 Å². The van der Waals surface area contributed by atoms with Gasteiger partial charge in [0.15, 0.2) is 0 Å². The zero-order valence-electron chi connectivity index (χ0n) is 12.4. The first-order valence-corrected chi connectivity index (χ1v) is 8.25. The zero-order chi connectivity index (χ0) is 14.7. The number of rotatable bonds is 6. The summed E-state index contributed by atoms with van der Waals surface area (Å²) in [5.41, 5.74) is 3.30. The number of aryl methyl sites for hydroxylation is 1. The van der Waals surface area contributed by atoms with Crippen LogP contribution < -0.4 is 10.0 Å². The predicted molar refractivity (Wildman–Crippen MR) is 79.7 cm³/mol. The highest BCUT2D eigenvalue weighted by Crippen LogP contribution is 2.12. The van der Waals surface area contributed by atoms with Crippen molar-refractivity contribution in [1.82, 2.24) is 10.0 Å². The highest BCUT2D eigenvalue weighted by molar-refractivity contribution is 7.88. The maximum atomic E-state index is 11.2. The second-order valence-electron chi connectivity index (χ2n) is 5.72. The fourth-order valence-electron chi connectivity index (χ4n) is 2.05. The van der Waals surface area contributed by atoms with Gasteiger partial charge >= 0.3 is 0 Å². The van der Waals surface area contributed by atoms with Crippen LogP contribution in [0.2, 0.25) is 0 Å². The van der Waals surface area contributed by atoms with Gasteiger partial charge in [-0.15, -0.1) is 0 Å². The number of benzene rings is 1. The molecule has 0 bridgehead atoms. The van der Waals surface area contributed by atoms with Gasteiger partial charge in [0, 0.05) is 18.6 Å². The molecule has 0 spiro atoms. The fraction of sp³-hybridized carbons (Fsp3) is 0.571. The molecular weight excluding hydrogens is 260 g/mol. The van der Waals surface area contributed by atoms with E-state index in [4.69, 9.17) is 0 Å². The normalized spacial score (nSPS) is 12.7. The van der Waals surface area contributed by atoms with Crippen LogP contribution in [-0.4, -0.2) is 26.8 Å². The Morgan fingerprint density at radius 1 is 1.21 bits per heavy atom. The molecule has 0 aliphatic rings. The highest BCUT2D eigenvalue weighted by Gasteiger charge is 2.21. The van der Waals surface area contributed by atoms with Crippen LogP contribution in [0.4, 0.5) is 0 Å². The molecule has 1 aromatic rings. The third-order valence-electron chi connectivity index (χ3n) is 3.06. The van der Waals surface area contributed by atoms with Gasteiger partial charge in [0.25, 0.3) is 0 Å². The maximum Gasteiger partial charge on any atom is 0.209 e. The van der Waals surface area contributed by atoms with Gasteiger partial charge in [-0.1, -0.05) is 18.2 Å². The molecule has 0 amide bonds. The monoisotopic (exact) mass is 284 g/mol. The summed E-state index contributed by atoms with van der Waals surface area (Å²) in [6.45, 7) is 9.24. The van der Waals surface area contributed by atoms with Crippen LogP contribution in [0, 0.1) is 13.8 Å². The Hall–Kier alpha value is -0.910. The second-order valence-corrected chi connectivity index (χ2v) is 7.47. The van der Waals surface area contributed by atoms with Crippen LogP contribution in [0.25, 0.3) is 0 Å². The Bertz CT molecular complexity index is 536. The smallest absolute Gasteiger partial charge is 0.209 e. The number of hydrogen-bond acceptors (Lipinski definition) is 3. The van der Waals surface area contributed by atoms with Gasteiger partial charge in [0.1, 0.15) is 0 Å². The van der Waals surface area contributed by atoms with Crippen LogP contribution >= 0.6 is 0 Å². The molecule has 19 heavy (non-hydrogen) atoms. The summed E-state index contributed by atoms with van der Waals surface area (Å²) >= 11 is 0. The summed E-state index contributed by atoms with van der Waals surface area (Å²) in [5, 5.41) is 3.31. The molecule has 0 radical (unpaired) electrons. The average Bonchev–Trinajstić information content (AvgIpc) is 2.20. The molecule has 4 nitrogen and oxygen atoms in total. The minimum absolute atomic E-state index is 0.495. The van der Waals surface area contributed by atoms with E-state index in [-0.39, 0.29) is 0 Å². The van der Waals surface area contributed by atoms with E-state index < -0.39 is 15.6 Å². The van der Waals surface area contributed by atoms with Crippen LogP contribution in [0.5, 0.6) is 0 Å². The Balaban J connectivity index is 2.57. The summed E-state index contributed by atoms with van der Waals surface area (Å²) in [6, 6.07) is 6.22. The quantitative estimate of drug-likeness (QED) is 0.836. The first-order chi connectivity index (χ1) is 8.61. The molecule has 0 atom stereocenters. The van der Waals surface area contributed by atoms with Crippen molar-refractivity contribution >= 4 is 10.0 Å². The molecule has 0 fully saturated rings. The minimum atomic E-state index is -3.18. The van der Waals surface area contributed by atoms with Crippen LogP contribution in [0.1, 0.15) is 30.5 Å². The second kappa shape index (κ2) is 6.03. The predicted octanol–water partition coefficient (Wildman–Crippen LogP) is 1.72. The Labute approximate surface area is 116 Å². The first-order valence-electron chi connectivity index (χ1n) is 6.35. The molecule has 2 N–H and O–H groups in total. The van der Waals surface area contributed by atoms with Crippen molar-refractivity contribution in [3.8, 4) is 0 Å². The SMILES string of the molecule is Cc1cccc(CNCC(C)(C)NS(C)(=O)=O)c1C. The van der Waals surface area contributed by atoms with Gasteiger partial charge in [-0.3, -0.25) is 0 Å². The topological polar surface area (TPSA) is 58.2 Å². The van der Waals surface area contributed by atoms with Crippen LogP contribution in [0.15, 0.2) is 18.2 Å². The van der Waals surface area contributed by atoms with E-state index in [9.17, 15) is 8.42 Å². The number of nitrogens with one attached hydrogen (secondary N) is 2. The largest absolute Gasteiger partial charge is 0.311 e. The summed E-state index contributed by atoms with van der Waals surface area (Å²) in [6.07, 6.45) is 1.18. The van der Waals surface area contributed by atoms with Gasteiger partial charge in [-0.25, -0.2) is 13.1 Å². The summed E-state index contributed by atoms with van der Waals surface area (Å²) in [5.74, 6) is 0. The van der Waals surface area contributed by atoms with Crippen molar-refractivity contribution in [3.63, 3.8) is 0 Å². The van der Waals surface area contributed by atoms with E-state index in [1.165, 1.54) is 22.9 Å². The van der Waals surface area contributed by atoms with E-state index in [2.05, 4.69) is 36.0 Å². The van der Waals surface area contributed by atoms with E-state index in [0.717, 1.165) is 6.54 Å². The standard InChI is InChI=1S/C14H24N2O2S/c1-11-7-6-8-13(12(11)2)9-15-10-14(3,4)16-19(5,17)18/h6-8,15-16H,9-10H2,1-5H3. The molecule has 5 heteroatoms. The zero-order valence-corrected chi connectivity index (χ0v) is 13.2. The molecule has 0 aliphatic carbocycles. The van der Waals surface area contributed by atoms with Crippen LogP contribution in [-0.2, 0) is 16.6 Å². The van der Waals surface area contributed by atoms with E-state index >= 15 is 0 Å². The highest BCUT2D eigenvalue weighted by atomic mass is 32.2. The lowest BCUT2D eigenvalue weighted by atomic mass is 10.0. The lowest BCUT2D eigenvalue weighted by molar-refractivity contribution is 0.421. The van der Waals surface area contributed by atoms with Crippen molar-refractivity contribution in [2.45, 2.75) is 39.8 Å². The van der Waals surface area contributed by atoms with Crippen molar-refractivity contribution in [1.29, 1.82) is 0 Å². The third kappa shape index (κ3) is 5.72. The fourth-order valence-corrected chi connectivity index (χ4v) is 3.13. The number of hydrogen-bond donors (Lipinski definition) is 2. The first kappa shape index (κ1) is 16.1. The van der Waals surface area contributed by atoms with Gasteiger partial charge in [0.05, 0.1) is 6.26 Å². The van der Waals surface area contributed by atoms with Gasteiger partial charge < -0.3 is 5.32 Å². The molecule has 0 saturated carbocycles. The van der Waals surface area contributed by atoms with Gasteiger partial charge in [-0.05, 0) is 44.4 Å². The molecule has 0 unspecified atom stereocenters. The molecular formula is C14H24N2O2S. The molecule has 1 aromatic carbocycles. The molecule has 0 aromatic heterocycles. The van der Waals surface area contributed by atoms with Crippen molar-refractivity contribution in [2.75, 3.05) is 12.8 Å².